The molecule has 42 heavy (non-hydrogen) atoms. The fraction of sp³-hybridized carbons (Fsp3) is 0.424. The number of likely N-dealkylation sites (N-methyl/N-ethyl adjacent to an activating group) is 1. The van der Waals surface area contributed by atoms with Crippen molar-refractivity contribution in [3.8, 4) is 0 Å². The minimum Gasteiger partial charge on any atom is -0.341 e. The average molecular weight is 589 g/mol. The van der Waals surface area contributed by atoms with Gasteiger partial charge in [-0.3, -0.25) is 4.79 Å². The van der Waals surface area contributed by atoms with Gasteiger partial charge in [-0.15, -0.1) is 0 Å². The van der Waals surface area contributed by atoms with Gasteiger partial charge in [0.1, 0.15) is 0 Å². The molecule has 1 aliphatic heterocycles. The van der Waals surface area contributed by atoms with E-state index in [9.17, 15) is 31.1 Å². The summed E-state index contributed by atoms with van der Waals surface area (Å²) in [4.78, 5) is 17.9. The molecule has 2 unspecified atom stereocenters. The summed E-state index contributed by atoms with van der Waals surface area (Å²) in [7, 11) is 1.46. The van der Waals surface area contributed by atoms with Crippen LogP contribution in [0.15, 0.2) is 78.9 Å². The van der Waals surface area contributed by atoms with Crippen LogP contribution in [0.2, 0.25) is 0 Å². The van der Waals surface area contributed by atoms with Gasteiger partial charge in [0.15, 0.2) is 0 Å². The molecule has 2 aliphatic rings. The van der Waals surface area contributed by atoms with Gasteiger partial charge in [-0.2, -0.15) is 26.3 Å². The van der Waals surface area contributed by atoms with Crippen LogP contribution in [0.1, 0.15) is 65.8 Å². The first-order valence-electron chi connectivity index (χ1n) is 14.3. The Morgan fingerprint density at radius 1 is 0.833 bits per heavy atom. The molecule has 1 aliphatic carbocycles. The molecule has 3 nitrogen and oxygen atoms in total. The van der Waals surface area contributed by atoms with Crippen molar-refractivity contribution in [1.29, 1.82) is 0 Å². The summed E-state index contributed by atoms with van der Waals surface area (Å²) in [5.41, 5.74) is -1.73. The summed E-state index contributed by atoms with van der Waals surface area (Å²) in [6.07, 6.45) is -5.97. The molecule has 1 amide bonds. The third kappa shape index (κ3) is 6.36. The van der Waals surface area contributed by atoms with E-state index in [0.717, 1.165) is 37.9 Å². The molecule has 9 heteroatoms. The van der Waals surface area contributed by atoms with Gasteiger partial charge in [0, 0.05) is 19.6 Å². The van der Waals surface area contributed by atoms with Crippen LogP contribution in [0, 0.1) is 0 Å². The van der Waals surface area contributed by atoms with Crippen LogP contribution in [0.5, 0.6) is 0 Å². The van der Waals surface area contributed by atoms with Crippen molar-refractivity contribution in [1.82, 2.24) is 9.80 Å². The van der Waals surface area contributed by atoms with Gasteiger partial charge < -0.3 is 9.80 Å². The molecule has 1 heterocycles. The highest BCUT2D eigenvalue weighted by Gasteiger charge is 2.49. The lowest BCUT2D eigenvalue weighted by Gasteiger charge is -2.38. The molecule has 2 atom stereocenters. The Morgan fingerprint density at radius 3 is 1.93 bits per heavy atom. The molecular weight excluding hydrogens is 554 g/mol. The van der Waals surface area contributed by atoms with Crippen molar-refractivity contribution in [2.24, 2.45) is 0 Å². The number of hydrogen-bond donors (Lipinski definition) is 0. The van der Waals surface area contributed by atoms with Crippen molar-refractivity contribution >= 4 is 5.91 Å². The van der Waals surface area contributed by atoms with Gasteiger partial charge in [0.05, 0.1) is 16.5 Å². The number of hydrogen-bond acceptors (Lipinski definition) is 2. The summed E-state index contributed by atoms with van der Waals surface area (Å²) in [5, 5.41) is 0. The number of benzene rings is 3. The summed E-state index contributed by atoms with van der Waals surface area (Å²) in [5.74, 6) is 0.200. The zero-order valence-corrected chi connectivity index (χ0v) is 23.4. The van der Waals surface area contributed by atoms with Gasteiger partial charge >= 0.3 is 12.4 Å². The lowest BCUT2D eigenvalue weighted by atomic mass is 9.77. The van der Waals surface area contributed by atoms with Crippen LogP contribution in [0.25, 0.3) is 0 Å². The molecule has 5 rings (SSSR count). The lowest BCUT2D eigenvalue weighted by molar-refractivity contribution is -0.143. The summed E-state index contributed by atoms with van der Waals surface area (Å²) < 4.78 is 80.7. The maximum atomic E-state index is 14.2. The van der Waals surface area contributed by atoms with Gasteiger partial charge in [-0.1, -0.05) is 60.7 Å². The minimum atomic E-state index is -4.95. The number of nitrogens with zero attached hydrogens (tertiary/aromatic N) is 2. The SMILES string of the molecule is CN(Cc1cc(C(F)(F)F)cc(C(F)(F)F)c1)C(=O)C1(c2ccccc2)CCC(N2CCC(c3ccccc3)CC2)C1. The third-order valence-electron chi connectivity index (χ3n) is 8.96. The van der Waals surface area contributed by atoms with Gasteiger partial charge in [0.2, 0.25) is 5.91 Å². The maximum Gasteiger partial charge on any atom is 0.416 e. The number of likely N-dealkylation sites (tertiary alicyclic amines) is 1. The highest BCUT2D eigenvalue weighted by molar-refractivity contribution is 5.88. The zero-order valence-electron chi connectivity index (χ0n) is 23.4. The fourth-order valence-corrected chi connectivity index (χ4v) is 6.81. The van der Waals surface area contributed by atoms with Crippen molar-refractivity contribution in [2.75, 3.05) is 20.1 Å². The summed E-state index contributed by atoms with van der Waals surface area (Å²) >= 11 is 0. The van der Waals surface area contributed by atoms with Crippen molar-refractivity contribution in [2.45, 2.75) is 68.4 Å². The van der Waals surface area contributed by atoms with E-state index in [2.05, 4.69) is 29.2 Å². The Hall–Kier alpha value is -3.33. The Morgan fingerprint density at radius 2 is 1.38 bits per heavy atom. The topological polar surface area (TPSA) is 23.6 Å². The molecule has 3 aromatic carbocycles. The average Bonchev–Trinajstić information content (AvgIpc) is 3.43. The normalized spacial score (nSPS) is 22.3. The molecule has 0 radical (unpaired) electrons. The summed E-state index contributed by atoms with van der Waals surface area (Å²) in [6, 6.07) is 21.4. The Labute approximate surface area is 242 Å². The van der Waals surface area contributed by atoms with Crippen molar-refractivity contribution < 1.29 is 31.1 Å². The van der Waals surface area contributed by atoms with E-state index in [1.807, 2.05) is 36.4 Å². The number of carbonyl (C=O) groups is 1. The molecule has 0 aromatic heterocycles. The zero-order chi connectivity index (χ0) is 30.1. The first kappa shape index (κ1) is 30.1. The van der Waals surface area contributed by atoms with E-state index < -0.39 is 28.9 Å². The van der Waals surface area contributed by atoms with Crippen LogP contribution in [0.4, 0.5) is 26.3 Å². The standard InChI is InChI=1S/C33H34F6N2O/c1-40(22-23-18-27(32(34,35)36)20-28(19-23)33(37,38)39)30(42)31(26-10-6-3-7-11-26)15-12-29(21-31)41-16-13-25(14-17-41)24-8-4-2-5-9-24/h2-11,18-20,25,29H,12-17,21-22H2,1H3. The molecular formula is C33H34F6N2O. The first-order chi connectivity index (χ1) is 19.9. The predicted octanol–water partition coefficient (Wildman–Crippen LogP) is 8.05. The quantitative estimate of drug-likeness (QED) is 0.272. The van der Waals surface area contributed by atoms with E-state index in [1.165, 1.54) is 17.5 Å². The van der Waals surface area contributed by atoms with Crippen LogP contribution in [0.3, 0.4) is 0 Å². The minimum absolute atomic E-state index is 0.110. The molecule has 1 saturated heterocycles. The lowest BCUT2D eigenvalue weighted by Crippen LogP contribution is -2.46. The molecule has 2 fully saturated rings. The van der Waals surface area contributed by atoms with Crippen LogP contribution >= 0.6 is 0 Å². The molecule has 1 saturated carbocycles. The van der Waals surface area contributed by atoms with E-state index in [4.69, 9.17) is 0 Å². The Kier molecular flexibility index (Phi) is 8.43. The second-order valence-electron chi connectivity index (χ2n) is 11.6. The maximum absolute atomic E-state index is 14.2. The largest absolute Gasteiger partial charge is 0.416 e. The Balaban J connectivity index is 1.36. The van der Waals surface area contributed by atoms with E-state index in [0.29, 0.717) is 30.9 Å². The monoisotopic (exact) mass is 588 g/mol. The molecule has 224 valence electrons. The van der Waals surface area contributed by atoms with Gasteiger partial charge in [-0.25, -0.2) is 0 Å². The molecule has 0 bridgehead atoms. The van der Waals surface area contributed by atoms with Gasteiger partial charge in [-0.05, 0) is 86.0 Å². The number of amides is 1. The summed E-state index contributed by atoms with van der Waals surface area (Å²) in [6.45, 7) is 1.45. The van der Waals surface area contributed by atoms with Crippen LogP contribution in [-0.2, 0) is 29.1 Å². The highest BCUT2D eigenvalue weighted by Crippen LogP contribution is 2.46. The highest BCUT2D eigenvalue weighted by atomic mass is 19.4. The third-order valence-corrected chi connectivity index (χ3v) is 8.96. The molecule has 3 aromatic rings. The number of carbonyl (C=O) groups excluding carboxylic acids is 1. The number of rotatable bonds is 6. The van der Waals surface area contributed by atoms with Crippen molar-refractivity contribution in [3.05, 3.63) is 107 Å². The molecule has 0 N–H and O–H groups in total. The first-order valence-corrected chi connectivity index (χ1v) is 14.3. The van der Waals surface area contributed by atoms with Gasteiger partial charge in [0.25, 0.3) is 0 Å². The number of alkyl halides is 6. The van der Waals surface area contributed by atoms with Crippen LogP contribution in [-0.4, -0.2) is 41.9 Å². The van der Waals surface area contributed by atoms with Crippen molar-refractivity contribution in [3.63, 3.8) is 0 Å². The number of halogens is 6. The van der Waals surface area contributed by atoms with E-state index in [1.54, 1.807) is 0 Å². The predicted molar refractivity (Wildman–Crippen MR) is 149 cm³/mol. The number of piperidine rings is 1. The van der Waals surface area contributed by atoms with E-state index in [-0.39, 0.29) is 30.1 Å². The smallest absolute Gasteiger partial charge is 0.341 e. The second-order valence-corrected chi connectivity index (χ2v) is 11.6. The fourth-order valence-electron chi connectivity index (χ4n) is 6.81. The van der Waals surface area contributed by atoms with Crippen LogP contribution < -0.4 is 0 Å². The molecule has 0 spiro atoms. The van der Waals surface area contributed by atoms with E-state index >= 15 is 0 Å². The Bertz CT molecular complexity index is 1330. The second kappa shape index (κ2) is 11.7.